The summed E-state index contributed by atoms with van der Waals surface area (Å²) in [6.07, 6.45) is 21.5. The molecule has 0 heterocycles. The first-order valence-electron chi connectivity index (χ1n) is 13.0. The Morgan fingerprint density at radius 3 is 2.46 bits per heavy atom. The average Bonchev–Trinajstić information content (AvgIpc) is 3.06. The fourth-order valence-corrected chi connectivity index (χ4v) is 4.76. The second kappa shape index (κ2) is 14.4. The molecule has 2 rings (SSSR count). The molecule has 1 aromatic rings. The van der Waals surface area contributed by atoms with Gasteiger partial charge in [-0.3, -0.25) is 0 Å². The van der Waals surface area contributed by atoms with Gasteiger partial charge in [-0.05, 0) is 91.0 Å². The average molecular weight is 469 g/mol. The third-order valence-corrected chi connectivity index (χ3v) is 6.65. The van der Waals surface area contributed by atoms with Crippen molar-refractivity contribution < 1.29 is 4.74 Å². The van der Waals surface area contributed by atoms with Crippen molar-refractivity contribution in [2.24, 2.45) is 5.92 Å². The second-order valence-corrected chi connectivity index (χ2v) is 9.22. The summed E-state index contributed by atoms with van der Waals surface area (Å²) in [6, 6.07) is 8.28. The summed E-state index contributed by atoms with van der Waals surface area (Å²) in [5.41, 5.74) is 10.7. The Kier molecular flexibility index (Phi) is 11.6. The van der Waals surface area contributed by atoms with Crippen LogP contribution in [-0.4, -0.2) is 7.11 Å². The van der Waals surface area contributed by atoms with E-state index >= 15 is 0 Å². The lowest BCUT2D eigenvalue weighted by molar-refractivity contribution is 0.414. The molecule has 0 N–H and O–H groups in total. The van der Waals surface area contributed by atoms with Crippen LogP contribution in [0, 0.1) is 5.92 Å². The molecule has 186 valence electrons. The number of hydrogen-bond acceptors (Lipinski definition) is 1. The summed E-state index contributed by atoms with van der Waals surface area (Å²) in [5, 5.41) is 0. The van der Waals surface area contributed by atoms with Crippen LogP contribution in [0.15, 0.2) is 113 Å². The summed E-state index contributed by atoms with van der Waals surface area (Å²) >= 11 is 0. The van der Waals surface area contributed by atoms with Gasteiger partial charge >= 0.3 is 0 Å². The van der Waals surface area contributed by atoms with E-state index < -0.39 is 0 Å². The molecule has 0 fully saturated rings. The lowest BCUT2D eigenvalue weighted by Gasteiger charge is -2.22. The first-order chi connectivity index (χ1) is 16.9. The van der Waals surface area contributed by atoms with Crippen molar-refractivity contribution in [3.8, 4) is 5.75 Å². The Bertz CT molecular complexity index is 1090. The molecule has 0 saturated heterocycles. The number of hydrogen-bond donors (Lipinski definition) is 0. The summed E-state index contributed by atoms with van der Waals surface area (Å²) in [6.45, 7) is 17.8. The van der Waals surface area contributed by atoms with Crippen LogP contribution in [-0.2, 0) is 0 Å². The zero-order chi connectivity index (χ0) is 25.8. The van der Waals surface area contributed by atoms with Gasteiger partial charge in [0.05, 0.1) is 7.11 Å². The fourth-order valence-electron chi connectivity index (χ4n) is 4.76. The molecule has 0 unspecified atom stereocenters. The van der Waals surface area contributed by atoms with Crippen LogP contribution in [0.4, 0.5) is 0 Å². The molecular weight excluding hydrogens is 424 g/mol. The molecule has 0 saturated carbocycles. The van der Waals surface area contributed by atoms with E-state index in [1.165, 1.54) is 39.0 Å². The normalized spacial score (nSPS) is 17.2. The minimum atomic E-state index is 0.464. The highest BCUT2D eigenvalue weighted by Crippen LogP contribution is 2.35. The van der Waals surface area contributed by atoms with Crippen LogP contribution in [0.1, 0.15) is 72.8 Å². The molecule has 0 aromatic heterocycles. The number of ether oxygens (including phenoxy) is 1. The Morgan fingerprint density at radius 1 is 1.09 bits per heavy atom. The van der Waals surface area contributed by atoms with Crippen LogP contribution < -0.4 is 4.74 Å². The maximum atomic E-state index is 5.44. The van der Waals surface area contributed by atoms with E-state index in [0.29, 0.717) is 5.92 Å². The fraction of sp³-hybridized carbons (Fsp3) is 0.353. The van der Waals surface area contributed by atoms with Gasteiger partial charge in [-0.1, -0.05) is 106 Å². The van der Waals surface area contributed by atoms with Gasteiger partial charge in [-0.15, -0.1) is 0 Å². The maximum Gasteiger partial charge on any atom is 0.119 e. The molecule has 0 aliphatic heterocycles. The highest BCUT2D eigenvalue weighted by Gasteiger charge is 2.17. The molecule has 0 radical (unpaired) electrons. The van der Waals surface area contributed by atoms with Gasteiger partial charge < -0.3 is 4.74 Å². The van der Waals surface area contributed by atoms with Crippen molar-refractivity contribution in [2.45, 2.75) is 67.2 Å². The van der Waals surface area contributed by atoms with E-state index in [2.05, 4.69) is 109 Å². The highest BCUT2D eigenvalue weighted by molar-refractivity contribution is 5.77. The van der Waals surface area contributed by atoms with Gasteiger partial charge in [-0.25, -0.2) is 0 Å². The van der Waals surface area contributed by atoms with Crippen LogP contribution in [0.3, 0.4) is 0 Å². The van der Waals surface area contributed by atoms with Crippen molar-refractivity contribution in [1.82, 2.24) is 0 Å². The van der Waals surface area contributed by atoms with Gasteiger partial charge in [0.25, 0.3) is 0 Å². The Morgan fingerprint density at radius 2 is 1.86 bits per heavy atom. The molecule has 1 aliphatic carbocycles. The van der Waals surface area contributed by atoms with Gasteiger partial charge in [-0.2, -0.15) is 0 Å². The predicted molar refractivity (Wildman–Crippen MR) is 156 cm³/mol. The third-order valence-electron chi connectivity index (χ3n) is 6.65. The van der Waals surface area contributed by atoms with Gasteiger partial charge in [0, 0.05) is 0 Å². The SMILES string of the molecule is C=C1C=CC(c2cccc(OC)c2)=CCC1=C(CC)CC(CC)=C(C(C=CC=CC)=CC)C(C)C. The quantitative estimate of drug-likeness (QED) is 0.310. The molecular formula is C34H44O. The van der Waals surface area contributed by atoms with Crippen LogP contribution in [0.2, 0.25) is 0 Å². The lowest BCUT2D eigenvalue weighted by atomic mass is 9.83. The zero-order valence-electron chi connectivity index (χ0n) is 22.9. The van der Waals surface area contributed by atoms with E-state index in [4.69, 9.17) is 4.74 Å². The molecule has 0 spiro atoms. The van der Waals surface area contributed by atoms with E-state index in [1.54, 1.807) is 7.11 Å². The summed E-state index contributed by atoms with van der Waals surface area (Å²) in [7, 11) is 1.71. The number of methoxy groups -OCH3 is 1. The van der Waals surface area contributed by atoms with Gasteiger partial charge in [0.2, 0.25) is 0 Å². The predicted octanol–water partition coefficient (Wildman–Crippen LogP) is 10.1. The van der Waals surface area contributed by atoms with Crippen LogP contribution in [0.25, 0.3) is 5.57 Å². The standard InChI is InChI=1S/C34H44O/c1-9-13-14-16-27(10-2)34(25(5)6)29(12-4)23-28(11-3)33-22-21-30(20-19-26(33)7)31-17-15-18-32(24-31)35-8/h9-10,13-21,24-25H,7,11-12,22-23H2,1-6,8H3. The van der Waals surface area contributed by atoms with Crippen molar-refractivity contribution in [3.63, 3.8) is 0 Å². The molecule has 0 bridgehead atoms. The first kappa shape index (κ1) is 28.2. The minimum Gasteiger partial charge on any atom is -0.497 e. The molecule has 1 heteroatoms. The van der Waals surface area contributed by atoms with Gasteiger partial charge in [0.1, 0.15) is 5.75 Å². The summed E-state index contributed by atoms with van der Waals surface area (Å²) in [4.78, 5) is 0. The number of benzene rings is 1. The van der Waals surface area contributed by atoms with Crippen LogP contribution in [0.5, 0.6) is 5.75 Å². The summed E-state index contributed by atoms with van der Waals surface area (Å²) < 4.78 is 5.44. The topological polar surface area (TPSA) is 9.23 Å². The van der Waals surface area contributed by atoms with E-state index in [1.807, 2.05) is 12.1 Å². The Labute approximate surface area is 214 Å². The highest BCUT2D eigenvalue weighted by atomic mass is 16.5. The molecule has 0 amide bonds. The van der Waals surface area contributed by atoms with Crippen molar-refractivity contribution >= 4 is 5.57 Å². The van der Waals surface area contributed by atoms with E-state index in [-0.39, 0.29) is 0 Å². The molecule has 1 nitrogen and oxygen atoms in total. The van der Waals surface area contributed by atoms with Crippen molar-refractivity contribution in [3.05, 3.63) is 118 Å². The largest absolute Gasteiger partial charge is 0.497 e. The minimum absolute atomic E-state index is 0.464. The zero-order valence-corrected chi connectivity index (χ0v) is 22.9. The maximum absolute atomic E-state index is 5.44. The first-order valence-corrected chi connectivity index (χ1v) is 13.0. The smallest absolute Gasteiger partial charge is 0.119 e. The van der Waals surface area contributed by atoms with Crippen molar-refractivity contribution in [1.29, 1.82) is 0 Å². The molecule has 1 aromatic carbocycles. The molecule has 1 aliphatic rings. The van der Waals surface area contributed by atoms with Crippen molar-refractivity contribution in [2.75, 3.05) is 7.11 Å². The third kappa shape index (κ3) is 7.72. The van der Waals surface area contributed by atoms with Gasteiger partial charge in [0.15, 0.2) is 0 Å². The lowest BCUT2D eigenvalue weighted by Crippen LogP contribution is -2.04. The monoisotopic (exact) mass is 468 g/mol. The molecule has 35 heavy (non-hydrogen) atoms. The van der Waals surface area contributed by atoms with Crippen LogP contribution >= 0.6 is 0 Å². The number of rotatable bonds is 10. The number of allylic oxidation sites excluding steroid dienone is 15. The Hall–Kier alpha value is -3.06. The second-order valence-electron chi connectivity index (χ2n) is 9.22. The molecule has 0 atom stereocenters. The summed E-state index contributed by atoms with van der Waals surface area (Å²) in [5.74, 6) is 1.35. The van der Waals surface area contributed by atoms with E-state index in [9.17, 15) is 0 Å². The Balaban J connectivity index is 2.50. The van der Waals surface area contributed by atoms with E-state index in [0.717, 1.165) is 37.0 Å².